The summed E-state index contributed by atoms with van der Waals surface area (Å²) in [5.74, 6) is -0.442. The molecule has 2 unspecified atom stereocenters. The minimum Gasteiger partial charge on any atom is -0.219 e. The molecule has 0 amide bonds. The van der Waals surface area contributed by atoms with Crippen molar-refractivity contribution in [1.82, 2.24) is 0 Å². The molecule has 2 saturated carbocycles. The molecule has 0 radical (unpaired) electrons. The zero-order valence-electron chi connectivity index (χ0n) is 16.4. The summed E-state index contributed by atoms with van der Waals surface area (Å²) in [7, 11) is -7.28. The maximum Gasteiger partial charge on any atom is 0.202 e. The van der Waals surface area contributed by atoms with E-state index in [9.17, 15) is 16.8 Å². The number of rotatable bonds is 4. The second-order valence-corrected chi connectivity index (χ2v) is 12.9. The highest BCUT2D eigenvalue weighted by Crippen LogP contribution is 2.86. The lowest BCUT2D eigenvalue weighted by atomic mass is 9.66. The molecule has 2 atom stereocenters. The first kappa shape index (κ1) is 18.6. The topological polar surface area (TPSA) is 68.3 Å². The van der Waals surface area contributed by atoms with Crippen LogP contribution in [0.5, 0.6) is 0 Å². The van der Waals surface area contributed by atoms with Crippen LogP contribution < -0.4 is 0 Å². The van der Waals surface area contributed by atoms with Crippen LogP contribution in [0.1, 0.15) is 25.7 Å². The highest BCUT2D eigenvalue weighted by molar-refractivity contribution is 7.96. The van der Waals surface area contributed by atoms with E-state index in [1.54, 1.807) is 60.7 Å². The van der Waals surface area contributed by atoms with Crippen molar-refractivity contribution in [3.63, 3.8) is 0 Å². The maximum absolute atomic E-state index is 13.5. The Morgan fingerprint density at radius 2 is 1.07 bits per heavy atom. The van der Waals surface area contributed by atoms with Crippen molar-refractivity contribution in [1.29, 1.82) is 0 Å². The molecule has 2 aromatic rings. The Morgan fingerprint density at radius 1 is 0.633 bits per heavy atom. The second kappa shape index (κ2) is 5.74. The lowest BCUT2D eigenvalue weighted by molar-refractivity contribution is 0.183. The van der Waals surface area contributed by atoms with Crippen molar-refractivity contribution in [3.05, 3.63) is 82.6 Å². The SMILES string of the molecule is O=S(=O)(C1=CC23C=C(S(=O)(=O)c4ccccc4)C4C1C42CCCC3)c1ccccc1. The average Bonchev–Trinajstić information content (AvgIpc) is 3.21. The van der Waals surface area contributed by atoms with Crippen LogP contribution in [-0.2, 0) is 19.7 Å². The first-order valence-corrected chi connectivity index (χ1v) is 13.4. The van der Waals surface area contributed by atoms with Gasteiger partial charge in [0, 0.05) is 17.3 Å². The van der Waals surface area contributed by atoms with E-state index < -0.39 is 25.1 Å². The van der Waals surface area contributed by atoms with E-state index in [1.807, 2.05) is 12.2 Å². The predicted octanol–water partition coefficient (Wildman–Crippen LogP) is 4.52. The minimum absolute atomic E-state index is 0.221. The van der Waals surface area contributed by atoms with E-state index >= 15 is 0 Å². The van der Waals surface area contributed by atoms with Crippen LogP contribution in [0.3, 0.4) is 0 Å². The summed E-state index contributed by atoms with van der Waals surface area (Å²) in [6.07, 6.45) is 7.56. The van der Waals surface area contributed by atoms with Crippen LogP contribution in [0, 0.1) is 22.7 Å². The monoisotopic (exact) mass is 438 g/mol. The molecular formula is C24H22O4S2. The first-order chi connectivity index (χ1) is 14.3. The lowest BCUT2D eigenvalue weighted by Crippen LogP contribution is -2.29. The van der Waals surface area contributed by atoms with Crippen molar-refractivity contribution in [2.45, 2.75) is 35.5 Å². The van der Waals surface area contributed by atoms with Crippen molar-refractivity contribution < 1.29 is 16.8 Å². The molecule has 0 bridgehead atoms. The molecule has 30 heavy (non-hydrogen) atoms. The van der Waals surface area contributed by atoms with Gasteiger partial charge in [0.25, 0.3) is 0 Å². The summed E-state index contributed by atoms with van der Waals surface area (Å²) in [5, 5.41) is 0. The molecule has 4 aliphatic carbocycles. The highest BCUT2D eigenvalue weighted by Gasteiger charge is 2.83. The maximum atomic E-state index is 13.5. The van der Waals surface area contributed by atoms with Crippen molar-refractivity contribution >= 4 is 19.7 Å². The Morgan fingerprint density at radius 3 is 1.50 bits per heavy atom. The first-order valence-electron chi connectivity index (χ1n) is 10.4. The number of hydrogen-bond donors (Lipinski definition) is 0. The molecular weight excluding hydrogens is 416 g/mol. The second-order valence-electron chi connectivity index (χ2n) is 8.97. The van der Waals surface area contributed by atoms with Crippen LogP contribution in [0.2, 0.25) is 0 Å². The summed E-state index contributed by atoms with van der Waals surface area (Å²) < 4.78 is 54.1. The van der Waals surface area contributed by atoms with Gasteiger partial charge in [-0.25, -0.2) is 16.8 Å². The number of fused-ring (bicyclic) bond motifs is 1. The average molecular weight is 439 g/mol. The number of allylic oxidation sites excluding steroid dienone is 4. The zero-order chi connectivity index (χ0) is 20.8. The van der Waals surface area contributed by atoms with Crippen molar-refractivity contribution in [2.75, 3.05) is 0 Å². The third-order valence-electron chi connectivity index (χ3n) is 7.77. The van der Waals surface area contributed by atoms with Crippen molar-refractivity contribution in [2.24, 2.45) is 22.7 Å². The number of hydrogen-bond acceptors (Lipinski definition) is 4. The Kier molecular flexibility index (Phi) is 3.55. The van der Waals surface area contributed by atoms with Gasteiger partial charge in [0.2, 0.25) is 19.7 Å². The minimum atomic E-state index is -3.64. The molecule has 4 aliphatic rings. The Labute approximate surface area is 177 Å². The summed E-state index contributed by atoms with van der Waals surface area (Å²) in [6, 6.07) is 17.0. The molecule has 0 aliphatic heterocycles. The molecule has 6 rings (SSSR count). The summed E-state index contributed by atoms with van der Waals surface area (Å²) in [5.41, 5.74) is -0.714. The van der Waals surface area contributed by atoms with E-state index in [4.69, 9.17) is 0 Å². The Bertz CT molecular complexity index is 1230. The summed E-state index contributed by atoms with van der Waals surface area (Å²) in [4.78, 5) is 1.46. The van der Waals surface area contributed by atoms with Gasteiger partial charge >= 0.3 is 0 Å². The fourth-order valence-corrected chi connectivity index (χ4v) is 10.2. The van der Waals surface area contributed by atoms with E-state index in [-0.39, 0.29) is 17.3 Å². The molecule has 154 valence electrons. The summed E-state index contributed by atoms with van der Waals surface area (Å²) >= 11 is 0. The standard InChI is InChI=1S/C24H22O4S2/c25-29(26,17-9-3-1-4-10-17)19-15-23-13-7-8-14-24(23)21(19)22(24)20(16-23)30(27,28)18-11-5-2-6-12-18/h1-6,9-12,15-16,21-22H,7-8,13-14H2. The fourth-order valence-electron chi connectivity index (χ4n) is 6.57. The molecule has 4 nitrogen and oxygen atoms in total. The molecule has 1 spiro atoms. The quantitative estimate of drug-likeness (QED) is 0.704. The van der Waals surface area contributed by atoms with Gasteiger partial charge in [0.15, 0.2) is 0 Å². The Balaban J connectivity index is 1.49. The third kappa shape index (κ3) is 2.06. The van der Waals surface area contributed by atoms with Gasteiger partial charge in [0.1, 0.15) is 0 Å². The van der Waals surface area contributed by atoms with Crippen LogP contribution in [0.4, 0.5) is 0 Å². The van der Waals surface area contributed by atoms with Gasteiger partial charge in [-0.05, 0) is 42.5 Å². The number of sulfone groups is 2. The molecule has 6 heteroatoms. The van der Waals surface area contributed by atoms with Crippen LogP contribution in [0.15, 0.2) is 92.4 Å². The molecule has 2 fully saturated rings. The van der Waals surface area contributed by atoms with E-state index in [1.165, 1.54) is 0 Å². The zero-order valence-corrected chi connectivity index (χ0v) is 18.0. The van der Waals surface area contributed by atoms with E-state index in [0.29, 0.717) is 19.6 Å². The van der Waals surface area contributed by atoms with Crippen LogP contribution >= 0.6 is 0 Å². The third-order valence-corrected chi connectivity index (χ3v) is 11.5. The van der Waals surface area contributed by atoms with Crippen LogP contribution in [-0.4, -0.2) is 16.8 Å². The molecule has 0 aromatic heterocycles. The predicted molar refractivity (Wildman–Crippen MR) is 114 cm³/mol. The molecule has 2 aromatic carbocycles. The number of benzene rings is 2. The lowest BCUT2D eigenvalue weighted by Gasteiger charge is -2.37. The largest absolute Gasteiger partial charge is 0.219 e. The van der Waals surface area contributed by atoms with Crippen LogP contribution in [0.25, 0.3) is 0 Å². The molecule has 0 heterocycles. The highest BCUT2D eigenvalue weighted by atomic mass is 32.2. The summed E-state index contributed by atoms with van der Waals surface area (Å²) in [6.45, 7) is 0. The normalized spacial score (nSPS) is 34.0. The smallest absolute Gasteiger partial charge is 0.202 e. The van der Waals surface area contributed by atoms with Gasteiger partial charge in [-0.3, -0.25) is 0 Å². The van der Waals surface area contributed by atoms with Crippen molar-refractivity contribution in [3.8, 4) is 0 Å². The van der Waals surface area contributed by atoms with Gasteiger partial charge in [-0.15, -0.1) is 0 Å². The van der Waals surface area contributed by atoms with Gasteiger partial charge < -0.3 is 0 Å². The molecule has 0 saturated heterocycles. The van der Waals surface area contributed by atoms with Gasteiger partial charge in [-0.2, -0.15) is 0 Å². The van der Waals surface area contributed by atoms with Gasteiger partial charge in [0.05, 0.1) is 19.6 Å². The van der Waals surface area contributed by atoms with E-state index in [0.717, 1.165) is 25.7 Å². The van der Waals surface area contributed by atoms with Gasteiger partial charge in [-0.1, -0.05) is 61.4 Å². The Hall–Kier alpha value is -2.18. The fraction of sp³-hybridized carbons (Fsp3) is 0.333. The molecule has 0 N–H and O–H groups in total. The van der Waals surface area contributed by atoms with E-state index in [2.05, 4.69) is 0 Å².